The van der Waals surface area contributed by atoms with Gasteiger partial charge in [0.1, 0.15) is 17.2 Å². The number of aromatic hydroxyl groups is 2. The Kier molecular flexibility index (Phi) is 6.95. The topological polar surface area (TPSA) is 94.4 Å². The van der Waals surface area contributed by atoms with E-state index < -0.39 is 17.5 Å². The molecule has 3 aromatic rings. The summed E-state index contributed by atoms with van der Waals surface area (Å²) in [5, 5.41) is 29.9. The van der Waals surface area contributed by atoms with E-state index in [0.29, 0.717) is 39.7 Å². The molecule has 4 rings (SSSR count). The smallest absolute Gasteiger partial charge is 0.342 e. The second-order valence-corrected chi connectivity index (χ2v) is 9.57. The quantitative estimate of drug-likeness (QED) is 0.329. The summed E-state index contributed by atoms with van der Waals surface area (Å²) >= 11 is 5.98. The van der Waals surface area contributed by atoms with Crippen molar-refractivity contribution in [2.24, 2.45) is 5.10 Å². The third kappa shape index (κ3) is 5.02. The average Bonchev–Trinajstić information content (AvgIpc) is 3.31. The number of nitrogens with zero attached hydrogens (tertiary/aromatic N) is 2. The van der Waals surface area contributed by atoms with E-state index >= 15 is 0 Å². The predicted octanol–water partition coefficient (Wildman–Crippen LogP) is 6.61. The van der Waals surface area contributed by atoms with Gasteiger partial charge in [0.25, 0.3) is 0 Å². The number of nitrogens with one attached hydrogen (secondary N) is 1. The molecule has 36 heavy (non-hydrogen) atoms. The molecule has 1 aliphatic heterocycles. The molecule has 0 radical (unpaired) electrons. The highest BCUT2D eigenvalue weighted by Crippen LogP contribution is 2.43. The minimum absolute atomic E-state index is 0.0790. The van der Waals surface area contributed by atoms with Crippen LogP contribution in [0.1, 0.15) is 43.0 Å². The average molecular weight is 506 g/mol. The number of hydrogen-bond acceptors (Lipinski definition) is 5. The van der Waals surface area contributed by atoms with Crippen molar-refractivity contribution < 1.29 is 19.7 Å². The van der Waals surface area contributed by atoms with Crippen LogP contribution in [0, 0.1) is 0 Å². The molecule has 8 heteroatoms. The monoisotopic (exact) mass is 505 g/mol. The van der Waals surface area contributed by atoms with Crippen molar-refractivity contribution in [2.45, 2.75) is 31.7 Å². The van der Waals surface area contributed by atoms with E-state index in [1.54, 1.807) is 60.7 Å². The van der Waals surface area contributed by atoms with Gasteiger partial charge in [-0.3, -0.25) is 0 Å². The van der Waals surface area contributed by atoms with Crippen LogP contribution in [-0.2, 0) is 5.41 Å². The first kappa shape index (κ1) is 25.1. The van der Waals surface area contributed by atoms with E-state index in [2.05, 4.69) is 17.0 Å². The molecule has 0 spiro atoms. The molecule has 1 unspecified atom stereocenters. The molecule has 1 aliphatic rings. The minimum Gasteiger partial charge on any atom is -0.508 e. The van der Waals surface area contributed by atoms with Crippen molar-refractivity contribution in [2.75, 3.05) is 12.4 Å². The predicted molar refractivity (Wildman–Crippen MR) is 142 cm³/mol. The number of amides is 2. The molecule has 0 aliphatic carbocycles. The van der Waals surface area contributed by atoms with E-state index in [4.69, 9.17) is 16.3 Å². The van der Waals surface area contributed by atoms with Crippen LogP contribution in [0.4, 0.5) is 10.5 Å². The highest BCUT2D eigenvalue weighted by atomic mass is 35.5. The Morgan fingerprint density at radius 3 is 2.44 bits per heavy atom. The summed E-state index contributed by atoms with van der Waals surface area (Å²) in [6, 6.07) is 15.9. The zero-order valence-corrected chi connectivity index (χ0v) is 21.1. The Bertz CT molecular complexity index is 1320. The lowest BCUT2D eigenvalue weighted by atomic mass is 9.82. The second-order valence-electron chi connectivity index (χ2n) is 9.13. The number of phenols is 2. The minimum atomic E-state index is -0.527. The molecule has 0 fully saturated rings. The van der Waals surface area contributed by atoms with Gasteiger partial charge in [0, 0.05) is 39.7 Å². The number of halogens is 1. The van der Waals surface area contributed by atoms with Crippen LogP contribution in [-0.4, -0.2) is 34.1 Å². The maximum atomic E-state index is 13.4. The van der Waals surface area contributed by atoms with Gasteiger partial charge in [-0.25, -0.2) is 9.80 Å². The van der Waals surface area contributed by atoms with Crippen LogP contribution < -0.4 is 10.1 Å². The lowest BCUT2D eigenvalue weighted by molar-refractivity contribution is 0.199. The van der Waals surface area contributed by atoms with Crippen LogP contribution in [0.25, 0.3) is 0 Å². The van der Waals surface area contributed by atoms with Crippen molar-refractivity contribution >= 4 is 29.0 Å². The molecule has 0 saturated carbocycles. The molecule has 186 valence electrons. The van der Waals surface area contributed by atoms with E-state index in [1.165, 1.54) is 12.1 Å². The number of ether oxygens (including phenoxy) is 1. The van der Waals surface area contributed by atoms with Crippen LogP contribution in [0.2, 0.25) is 5.02 Å². The van der Waals surface area contributed by atoms with Gasteiger partial charge in [0.2, 0.25) is 0 Å². The van der Waals surface area contributed by atoms with Crippen LogP contribution in [0.5, 0.6) is 17.2 Å². The normalized spacial score (nSPS) is 15.4. The number of allylic oxidation sites excluding steroid dienone is 1. The van der Waals surface area contributed by atoms with Gasteiger partial charge in [0.15, 0.2) is 0 Å². The van der Waals surface area contributed by atoms with Gasteiger partial charge in [-0.05, 0) is 60.2 Å². The molecule has 3 N–H and O–H groups in total. The van der Waals surface area contributed by atoms with Gasteiger partial charge in [-0.1, -0.05) is 31.5 Å². The molecule has 3 aromatic carbocycles. The molecular formula is C28H28ClN3O4. The first-order valence-corrected chi connectivity index (χ1v) is 11.8. The maximum Gasteiger partial charge on any atom is 0.342 e. The van der Waals surface area contributed by atoms with Crippen LogP contribution in [0.3, 0.4) is 0 Å². The first-order chi connectivity index (χ1) is 17.1. The number of hydrazone groups is 1. The fraction of sp³-hybridized carbons (Fsp3) is 0.214. The van der Waals surface area contributed by atoms with Crippen molar-refractivity contribution in [3.63, 3.8) is 0 Å². The van der Waals surface area contributed by atoms with Gasteiger partial charge in [-0.2, -0.15) is 5.10 Å². The Balaban J connectivity index is 1.79. The third-order valence-corrected chi connectivity index (χ3v) is 6.58. The molecule has 1 heterocycles. The summed E-state index contributed by atoms with van der Waals surface area (Å²) in [6.07, 6.45) is 2.16. The van der Waals surface area contributed by atoms with E-state index in [0.717, 1.165) is 5.56 Å². The van der Waals surface area contributed by atoms with Gasteiger partial charge >= 0.3 is 6.03 Å². The van der Waals surface area contributed by atoms with Crippen molar-refractivity contribution in [1.82, 2.24) is 5.01 Å². The highest BCUT2D eigenvalue weighted by Gasteiger charge is 2.36. The Labute approximate surface area is 215 Å². The fourth-order valence-corrected chi connectivity index (χ4v) is 4.26. The van der Waals surface area contributed by atoms with Crippen LogP contribution >= 0.6 is 11.6 Å². The Hall–Kier alpha value is -3.97. The Morgan fingerprint density at radius 1 is 1.17 bits per heavy atom. The molecule has 1 atom stereocenters. The largest absolute Gasteiger partial charge is 0.508 e. The second kappa shape index (κ2) is 9.95. The number of benzene rings is 3. The van der Waals surface area contributed by atoms with E-state index in [1.807, 2.05) is 19.9 Å². The summed E-state index contributed by atoms with van der Waals surface area (Å²) in [7, 11) is 1.52. The summed E-state index contributed by atoms with van der Waals surface area (Å²) in [6.45, 7) is 7.80. The van der Waals surface area contributed by atoms with E-state index in [9.17, 15) is 15.0 Å². The number of anilines is 1. The van der Waals surface area contributed by atoms with Crippen LogP contribution in [0.15, 0.2) is 78.4 Å². The van der Waals surface area contributed by atoms with Crippen molar-refractivity contribution in [3.05, 3.63) is 95.0 Å². The number of carbonyl (C=O) groups is 1. The molecule has 0 aromatic heterocycles. The SMILES string of the molecule is C=CC(C)(C)c1cc(C2CC(c3ccc(O)cc3)=NN2C(=O)Nc2ccc(Cl)cc2)c(OC)cc1O. The van der Waals surface area contributed by atoms with Crippen molar-refractivity contribution in [3.8, 4) is 17.2 Å². The fourth-order valence-electron chi connectivity index (χ4n) is 4.13. The molecule has 7 nitrogen and oxygen atoms in total. The number of urea groups is 1. The molecule has 0 saturated heterocycles. The summed E-state index contributed by atoms with van der Waals surface area (Å²) in [5.74, 6) is 0.658. The lowest BCUT2D eigenvalue weighted by Crippen LogP contribution is -2.31. The number of rotatable bonds is 6. The number of phenolic OH excluding ortho intramolecular Hbond substituents is 2. The molecular weight excluding hydrogens is 478 g/mol. The third-order valence-electron chi connectivity index (χ3n) is 6.33. The zero-order valence-electron chi connectivity index (χ0n) is 20.3. The number of methoxy groups -OCH3 is 1. The summed E-state index contributed by atoms with van der Waals surface area (Å²) in [5.41, 5.74) is 2.85. The zero-order chi connectivity index (χ0) is 26.0. The van der Waals surface area contributed by atoms with Crippen molar-refractivity contribution in [1.29, 1.82) is 0 Å². The maximum absolute atomic E-state index is 13.4. The van der Waals surface area contributed by atoms with Gasteiger partial charge < -0.3 is 20.3 Å². The molecule has 2 amide bonds. The highest BCUT2D eigenvalue weighted by molar-refractivity contribution is 6.30. The Morgan fingerprint density at radius 2 is 1.83 bits per heavy atom. The van der Waals surface area contributed by atoms with Gasteiger partial charge in [0.05, 0.1) is 18.9 Å². The summed E-state index contributed by atoms with van der Waals surface area (Å²) in [4.78, 5) is 13.4. The first-order valence-electron chi connectivity index (χ1n) is 11.4. The lowest BCUT2D eigenvalue weighted by Gasteiger charge is -2.28. The summed E-state index contributed by atoms with van der Waals surface area (Å²) < 4.78 is 5.61. The number of hydrogen-bond donors (Lipinski definition) is 3. The number of carbonyl (C=O) groups excluding carboxylic acids is 1. The van der Waals surface area contributed by atoms with Gasteiger partial charge in [-0.15, -0.1) is 6.58 Å². The van der Waals surface area contributed by atoms with E-state index in [-0.39, 0.29) is 11.5 Å². The standard InChI is InChI=1S/C28H28ClN3O4/c1-5-28(2,3)22-14-21(26(36-4)16-25(22)34)24-15-23(17-6-12-20(33)13-7-17)31-32(24)27(35)30-19-10-8-18(29)9-11-19/h5-14,16,24,33-34H,1,15H2,2-4H3,(H,30,35). The molecule has 0 bridgehead atoms.